The Balaban J connectivity index is 2.49. The summed E-state index contributed by atoms with van der Waals surface area (Å²) in [5.74, 6) is -0.240. The van der Waals surface area contributed by atoms with E-state index in [4.69, 9.17) is 17.3 Å². The van der Waals surface area contributed by atoms with E-state index in [-0.39, 0.29) is 24.8 Å². The smallest absolute Gasteiger partial charge is 0.233 e. The lowest BCUT2D eigenvalue weighted by molar-refractivity contribution is -0.122. The first-order valence-electron chi connectivity index (χ1n) is 6.74. The quantitative estimate of drug-likeness (QED) is 0.663. The number of hydrogen-bond acceptors (Lipinski definition) is 4. The molecule has 1 aromatic carbocycles. The van der Waals surface area contributed by atoms with Crippen molar-refractivity contribution in [2.45, 2.75) is 13.3 Å². The van der Waals surface area contributed by atoms with Crippen molar-refractivity contribution >= 4 is 34.8 Å². The number of nitrogen functional groups attached to an aromatic ring is 1. The molecule has 1 rings (SSSR count). The van der Waals surface area contributed by atoms with Gasteiger partial charge in [-0.25, -0.2) is 0 Å². The van der Waals surface area contributed by atoms with Crippen LogP contribution in [0.1, 0.15) is 13.3 Å². The van der Waals surface area contributed by atoms with Gasteiger partial charge in [0.25, 0.3) is 0 Å². The molecule has 2 amide bonds. The second-order valence-electron chi connectivity index (χ2n) is 4.57. The third-order valence-electron chi connectivity index (χ3n) is 3.04. The predicted molar refractivity (Wildman–Crippen MR) is 85.3 cm³/mol. The van der Waals surface area contributed by atoms with E-state index in [9.17, 15) is 9.59 Å². The fourth-order valence-electron chi connectivity index (χ4n) is 1.74. The Kier molecular flexibility index (Phi) is 6.98. The van der Waals surface area contributed by atoms with Crippen molar-refractivity contribution in [1.82, 2.24) is 10.2 Å². The molecule has 0 fully saturated rings. The Hall–Kier alpha value is -1.79. The summed E-state index contributed by atoms with van der Waals surface area (Å²) in [6.45, 7) is 3.41. The van der Waals surface area contributed by atoms with Gasteiger partial charge in [-0.15, -0.1) is 0 Å². The Morgan fingerprint density at radius 1 is 1.33 bits per heavy atom. The van der Waals surface area contributed by atoms with Gasteiger partial charge in [0, 0.05) is 25.0 Å². The van der Waals surface area contributed by atoms with Crippen molar-refractivity contribution < 1.29 is 9.59 Å². The molecule has 0 aliphatic carbocycles. The van der Waals surface area contributed by atoms with Crippen LogP contribution in [-0.4, -0.2) is 43.4 Å². The second-order valence-corrected chi connectivity index (χ2v) is 5.01. The van der Waals surface area contributed by atoms with Gasteiger partial charge in [-0.3, -0.25) is 14.5 Å². The molecule has 6 nitrogen and oxygen atoms in total. The number of hydrogen-bond donors (Lipinski definition) is 3. The Bertz CT molecular complexity index is 508. The fourth-order valence-corrected chi connectivity index (χ4v) is 1.91. The molecule has 0 saturated heterocycles. The number of carbonyl (C=O) groups excluding carboxylic acids is 2. The summed E-state index contributed by atoms with van der Waals surface area (Å²) in [4.78, 5) is 25.1. The van der Waals surface area contributed by atoms with Crippen LogP contribution >= 0.6 is 11.6 Å². The molecule has 0 saturated carbocycles. The van der Waals surface area contributed by atoms with Crippen LogP contribution in [0, 0.1) is 0 Å². The van der Waals surface area contributed by atoms with E-state index in [0.717, 1.165) is 0 Å². The molecule has 1 aromatic rings. The fraction of sp³-hybridized carbons (Fsp3) is 0.429. The van der Waals surface area contributed by atoms with E-state index in [1.54, 1.807) is 25.2 Å². The predicted octanol–water partition coefficient (Wildman–Crippen LogP) is 1.32. The van der Waals surface area contributed by atoms with Gasteiger partial charge >= 0.3 is 0 Å². The molecule has 7 heteroatoms. The average Bonchev–Trinajstić information content (AvgIpc) is 2.46. The molecule has 0 bridgehead atoms. The van der Waals surface area contributed by atoms with Gasteiger partial charge in [0.15, 0.2) is 0 Å². The lowest BCUT2D eigenvalue weighted by Gasteiger charge is -2.19. The molecule has 0 aliphatic rings. The highest BCUT2D eigenvalue weighted by atomic mass is 35.5. The van der Waals surface area contributed by atoms with Crippen molar-refractivity contribution in [3.63, 3.8) is 0 Å². The molecule has 0 radical (unpaired) electrons. The maximum absolute atomic E-state index is 11.9. The molecule has 116 valence electrons. The van der Waals surface area contributed by atoms with Gasteiger partial charge in [-0.05, 0) is 24.7 Å². The van der Waals surface area contributed by atoms with E-state index in [2.05, 4.69) is 10.6 Å². The summed E-state index contributed by atoms with van der Waals surface area (Å²) >= 11 is 5.86. The maximum Gasteiger partial charge on any atom is 0.233 e. The topological polar surface area (TPSA) is 87.5 Å². The number of amides is 2. The molecule has 0 atom stereocenters. The Morgan fingerprint density at radius 3 is 2.67 bits per heavy atom. The summed E-state index contributed by atoms with van der Waals surface area (Å²) in [6, 6.07) is 4.91. The van der Waals surface area contributed by atoms with E-state index < -0.39 is 0 Å². The van der Waals surface area contributed by atoms with Crippen molar-refractivity contribution in [1.29, 1.82) is 0 Å². The molecule has 4 N–H and O–H groups in total. The monoisotopic (exact) mass is 312 g/mol. The lowest BCUT2D eigenvalue weighted by atomic mass is 10.2. The van der Waals surface area contributed by atoms with Crippen molar-refractivity contribution in [2.75, 3.05) is 37.7 Å². The number of nitrogens with zero attached hydrogens (tertiary/aromatic N) is 1. The zero-order valence-electron chi connectivity index (χ0n) is 12.3. The van der Waals surface area contributed by atoms with Gasteiger partial charge < -0.3 is 16.4 Å². The standard InChI is InChI=1S/C14H21ClN4O2/c1-3-19(9-14(21)17-2)7-6-13(20)18-12-8-10(15)4-5-11(12)16/h4-5,8H,3,6-7,9,16H2,1-2H3,(H,17,21)(H,18,20). The summed E-state index contributed by atoms with van der Waals surface area (Å²) in [5, 5.41) is 5.79. The zero-order chi connectivity index (χ0) is 15.8. The van der Waals surface area contributed by atoms with Gasteiger partial charge in [0.1, 0.15) is 0 Å². The molecule has 0 unspecified atom stereocenters. The van der Waals surface area contributed by atoms with E-state index in [0.29, 0.717) is 29.5 Å². The molecule has 0 aliphatic heterocycles. The van der Waals surface area contributed by atoms with Crippen LogP contribution in [0.2, 0.25) is 5.02 Å². The van der Waals surface area contributed by atoms with Crippen LogP contribution in [0.3, 0.4) is 0 Å². The summed E-state index contributed by atoms with van der Waals surface area (Å²) in [6.07, 6.45) is 0.275. The van der Waals surface area contributed by atoms with Gasteiger partial charge in [-0.2, -0.15) is 0 Å². The number of anilines is 2. The molecule has 0 spiro atoms. The van der Waals surface area contributed by atoms with E-state index in [1.807, 2.05) is 11.8 Å². The van der Waals surface area contributed by atoms with Crippen LogP contribution < -0.4 is 16.4 Å². The first kappa shape index (κ1) is 17.3. The van der Waals surface area contributed by atoms with Crippen LogP contribution in [0.4, 0.5) is 11.4 Å². The second kappa shape index (κ2) is 8.49. The zero-order valence-corrected chi connectivity index (χ0v) is 13.0. The van der Waals surface area contributed by atoms with Gasteiger partial charge in [0.2, 0.25) is 11.8 Å². The minimum Gasteiger partial charge on any atom is -0.397 e. The normalized spacial score (nSPS) is 10.5. The van der Waals surface area contributed by atoms with Crippen LogP contribution in [0.15, 0.2) is 18.2 Å². The SMILES string of the molecule is CCN(CCC(=O)Nc1cc(Cl)ccc1N)CC(=O)NC. The molecule has 21 heavy (non-hydrogen) atoms. The van der Waals surface area contributed by atoms with E-state index >= 15 is 0 Å². The van der Waals surface area contributed by atoms with Gasteiger partial charge in [0.05, 0.1) is 17.9 Å². The Morgan fingerprint density at radius 2 is 2.05 bits per heavy atom. The van der Waals surface area contributed by atoms with Crippen LogP contribution in [0.25, 0.3) is 0 Å². The molecule has 0 aromatic heterocycles. The highest BCUT2D eigenvalue weighted by Gasteiger charge is 2.11. The number of nitrogens with two attached hydrogens (primary N) is 1. The molecular formula is C14H21ClN4O2. The van der Waals surface area contributed by atoms with Crippen LogP contribution in [-0.2, 0) is 9.59 Å². The number of rotatable bonds is 7. The summed E-state index contributed by atoms with van der Waals surface area (Å²) in [7, 11) is 1.59. The van der Waals surface area contributed by atoms with Crippen molar-refractivity contribution in [3.8, 4) is 0 Å². The third-order valence-corrected chi connectivity index (χ3v) is 3.27. The number of nitrogens with one attached hydrogen (secondary N) is 2. The lowest BCUT2D eigenvalue weighted by Crippen LogP contribution is -2.37. The number of halogens is 1. The molecular weight excluding hydrogens is 292 g/mol. The average molecular weight is 313 g/mol. The number of carbonyl (C=O) groups is 2. The highest BCUT2D eigenvalue weighted by molar-refractivity contribution is 6.31. The number of likely N-dealkylation sites (N-methyl/N-ethyl adjacent to an activating group) is 2. The Labute approximate surface area is 129 Å². The summed E-state index contributed by atoms with van der Waals surface area (Å²) < 4.78 is 0. The summed E-state index contributed by atoms with van der Waals surface area (Å²) in [5.41, 5.74) is 6.73. The van der Waals surface area contributed by atoms with E-state index in [1.165, 1.54) is 0 Å². The molecule has 0 heterocycles. The first-order chi connectivity index (χ1) is 9.96. The first-order valence-corrected chi connectivity index (χ1v) is 7.11. The third kappa shape index (κ3) is 6.01. The van der Waals surface area contributed by atoms with Gasteiger partial charge in [-0.1, -0.05) is 18.5 Å². The number of benzene rings is 1. The maximum atomic E-state index is 11.9. The largest absolute Gasteiger partial charge is 0.397 e. The minimum atomic E-state index is -0.167. The van der Waals surface area contributed by atoms with Crippen molar-refractivity contribution in [2.24, 2.45) is 0 Å². The highest BCUT2D eigenvalue weighted by Crippen LogP contribution is 2.22. The van der Waals surface area contributed by atoms with Crippen molar-refractivity contribution in [3.05, 3.63) is 23.2 Å². The van der Waals surface area contributed by atoms with Crippen LogP contribution in [0.5, 0.6) is 0 Å². The minimum absolute atomic E-state index is 0.0728.